The molecule has 0 saturated heterocycles. The smallest absolute Gasteiger partial charge is 0.130 e. The normalized spacial score (nSPS) is 10.5. The number of ether oxygens (including phenoxy) is 2. The van der Waals surface area contributed by atoms with Gasteiger partial charge in [-0.1, -0.05) is 62.6 Å². The number of hydrogen-bond acceptors (Lipinski definition) is 2. The van der Waals surface area contributed by atoms with E-state index >= 15 is 0 Å². The van der Waals surface area contributed by atoms with Crippen LogP contribution in [0.15, 0.2) is 48.5 Å². The third-order valence-electron chi connectivity index (χ3n) is 3.61. The molecule has 0 fully saturated rings. The van der Waals surface area contributed by atoms with Gasteiger partial charge in [0.05, 0.1) is 18.8 Å². The van der Waals surface area contributed by atoms with Crippen molar-refractivity contribution in [1.29, 1.82) is 0 Å². The standard InChI is InChI=1S/C20H26O2/c1-3-5-6-10-16-22-19-15-11-14-18(21-4-2)20(19)17-12-8-7-9-13-17/h7-9,11-15H,3-6,10,16H2,1-2H3. The van der Waals surface area contributed by atoms with Crippen LogP contribution in [0.4, 0.5) is 0 Å². The van der Waals surface area contributed by atoms with Gasteiger partial charge in [-0.2, -0.15) is 0 Å². The molecule has 0 aromatic heterocycles. The molecule has 0 heterocycles. The van der Waals surface area contributed by atoms with E-state index in [1.807, 2.05) is 43.3 Å². The predicted molar refractivity (Wildman–Crippen MR) is 92.7 cm³/mol. The quantitative estimate of drug-likeness (QED) is 0.552. The first-order valence-electron chi connectivity index (χ1n) is 8.30. The molecule has 0 radical (unpaired) electrons. The van der Waals surface area contributed by atoms with Gasteiger partial charge in [-0.3, -0.25) is 0 Å². The summed E-state index contributed by atoms with van der Waals surface area (Å²) in [7, 11) is 0. The SMILES string of the molecule is CCCCCCOc1cccc(OCC)c1-c1ccccc1. The Morgan fingerprint density at radius 2 is 1.45 bits per heavy atom. The van der Waals surface area contributed by atoms with E-state index in [1.54, 1.807) is 0 Å². The fraction of sp³-hybridized carbons (Fsp3) is 0.400. The molecule has 2 aromatic rings. The molecular formula is C20H26O2. The summed E-state index contributed by atoms with van der Waals surface area (Å²) in [4.78, 5) is 0. The van der Waals surface area contributed by atoms with Gasteiger partial charge in [0, 0.05) is 0 Å². The average molecular weight is 298 g/mol. The van der Waals surface area contributed by atoms with Crippen LogP contribution in [0.5, 0.6) is 11.5 Å². The predicted octanol–water partition coefficient (Wildman–Crippen LogP) is 5.71. The molecule has 2 rings (SSSR count). The monoisotopic (exact) mass is 298 g/mol. The lowest BCUT2D eigenvalue weighted by molar-refractivity contribution is 0.301. The summed E-state index contributed by atoms with van der Waals surface area (Å²) in [5.41, 5.74) is 2.19. The van der Waals surface area contributed by atoms with Crippen LogP contribution in [-0.2, 0) is 0 Å². The molecule has 0 aliphatic heterocycles. The molecule has 0 saturated carbocycles. The molecular weight excluding hydrogens is 272 g/mol. The molecule has 0 aliphatic rings. The first kappa shape index (κ1) is 16.4. The number of rotatable bonds is 9. The van der Waals surface area contributed by atoms with E-state index < -0.39 is 0 Å². The maximum absolute atomic E-state index is 6.05. The lowest BCUT2D eigenvalue weighted by Gasteiger charge is -2.16. The van der Waals surface area contributed by atoms with Gasteiger partial charge in [0.15, 0.2) is 0 Å². The first-order valence-corrected chi connectivity index (χ1v) is 8.30. The third-order valence-corrected chi connectivity index (χ3v) is 3.61. The molecule has 0 N–H and O–H groups in total. The van der Waals surface area contributed by atoms with E-state index in [0.717, 1.165) is 35.7 Å². The summed E-state index contributed by atoms with van der Waals surface area (Å²) in [6.07, 6.45) is 4.84. The zero-order chi connectivity index (χ0) is 15.6. The van der Waals surface area contributed by atoms with E-state index in [2.05, 4.69) is 19.1 Å². The second-order valence-electron chi connectivity index (χ2n) is 5.34. The fourth-order valence-corrected chi connectivity index (χ4v) is 2.51. The first-order chi connectivity index (χ1) is 10.9. The maximum atomic E-state index is 6.05. The van der Waals surface area contributed by atoms with E-state index in [4.69, 9.17) is 9.47 Å². The lowest BCUT2D eigenvalue weighted by atomic mass is 10.0. The van der Waals surface area contributed by atoms with E-state index in [-0.39, 0.29) is 0 Å². The number of unbranched alkanes of at least 4 members (excludes halogenated alkanes) is 3. The van der Waals surface area contributed by atoms with Gasteiger partial charge in [0.2, 0.25) is 0 Å². The van der Waals surface area contributed by atoms with Crippen molar-refractivity contribution in [1.82, 2.24) is 0 Å². The molecule has 0 amide bonds. The van der Waals surface area contributed by atoms with Crippen LogP contribution in [0.25, 0.3) is 11.1 Å². The van der Waals surface area contributed by atoms with Gasteiger partial charge in [-0.15, -0.1) is 0 Å². The summed E-state index contributed by atoms with van der Waals surface area (Å²) < 4.78 is 11.8. The maximum Gasteiger partial charge on any atom is 0.130 e. The largest absolute Gasteiger partial charge is 0.493 e. The molecule has 2 aromatic carbocycles. The van der Waals surface area contributed by atoms with E-state index in [9.17, 15) is 0 Å². The zero-order valence-electron chi connectivity index (χ0n) is 13.7. The Hall–Kier alpha value is -1.96. The van der Waals surface area contributed by atoms with Crippen LogP contribution >= 0.6 is 0 Å². The van der Waals surface area contributed by atoms with Gasteiger partial charge in [-0.05, 0) is 31.0 Å². The van der Waals surface area contributed by atoms with Crippen molar-refractivity contribution < 1.29 is 9.47 Å². The van der Waals surface area contributed by atoms with Crippen LogP contribution < -0.4 is 9.47 Å². The Balaban J connectivity index is 2.19. The summed E-state index contributed by atoms with van der Waals surface area (Å²) in [6.45, 7) is 5.64. The topological polar surface area (TPSA) is 18.5 Å². The highest BCUT2D eigenvalue weighted by Crippen LogP contribution is 2.38. The Morgan fingerprint density at radius 3 is 2.14 bits per heavy atom. The van der Waals surface area contributed by atoms with Crippen molar-refractivity contribution in [2.75, 3.05) is 13.2 Å². The van der Waals surface area contributed by atoms with Crippen molar-refractivity contribution in [2.24, 2.45) is 0 Å². The van der Waals surface area contributed by atoms with Crippen LogP contribution in [0.3, 0.4) is 0 Å². The highest BCUT2D eigenvalue weighted by molar-refractivity contribution is 5.76. The highest BCUT2D eigenvalue weighted by atomic mass is 16.5. The Labute approximate surface area is 134 Å². The molecule has 2 heteroatoms. The fourth-order valence-electron chi connectivity index (χ4n) is 2.51. The molecule has 0 unspecified atom stereocenters. The molecule has 0 atom stereocenters. The Bertz CT molecular complexity index is 549. The molecule has 0 aliphatic carbocycles. The average Bonchev–Trinajstić information content (AvgIpc) is 2.56. The summed E-state index contributed by atoms with van der Waals surface area (Å²) in [6, 6.07) is 16.4. The molecule has 118 valence electrons. The molecule has 2 nitrogen and oxygen atoms in total. The minimum Gasteiger partial charge on any atom is -0.493 e. The number of hydrogen-bond donors (Lipinski definition) is 0. The number of benzene rings is 2. The van der Waals surface area contributed by atoms with Crippen molar-refractivity contribution in [2.45, 2.75) is 39.5 Å². The zero-order valence-corrected chi connectivity index (χ0v) is 13.7. The van der Waals surface area contributed by atoms with E-state index in [1.165, 1.54) is 19.3 Å². The van der Waals surface area contributed by atoms with Crippen LogP contribution in [-0.4, -0.2) is 13.2 Å². The van der Waals surface area contributed by atoms with Crippen LogP contribution in [0.1, 0.15) is 39.5 Å². The van der Waals surface area contributed by atoms with Crippen molar-refractivity contribution in [3.05, 3.63) is 48.5 Å². The van der Waals surface area contributed by atoms with Crippen molar-refractivity contribution in [3.63, 3.8) is 0 Å². The molecule has 0 bridgehead atoms. The van der Waals surface area contributed by atoms with Crippen LogP contribution in [0.2, 0.25) is 0 Å². The summed E-state index contributed by atoms with van der Waals surface area (Å²) in [5.74, 6) is 1.80. The van der Waals surface area contributed by atoms with Gasteiger partial charge < -0.3 is 9.47 Å². The van der Waals surface area contributed by atoms with Crippen LogP contribution in [0, 0.1) is 0 Å². The second kappa shape index (κ2) is 9.14. The van der Waals surface area contributed by atoms with Gasteiger partial charge in [-0.25, -0.2) is 0 Å². The molecule has 0 spiro atoms. The highest BCUT2D eigenvalue weighted by Gasteiger charge is 2.12. The van der Waals surface area contributed by atoms with Gasteiger partial charge >= 0.3 is 0 Å². The van der Waals surface area contributed by atoms with E-state index in [0.29, 0.717) is 6.61 Å². The van der Waals surface area contributed by atoms with Crippen molar-refractivity contribution in [3.8, 4) is 22.6 Å². The Kier molecular flexibility index (Phi) is 6.82. The van der Waals surface area contributed by atoms with Gasteiger partial charge in [0.25, 0.3) is 0 Å². The minimum atomic E-state index is 0.653. The van der Waals surface area contributed by atoms with Crippen molar-refractivity contribution >= 4 is 0 Å². The Morgan fingerprint density at radius 1 is 0.727 bits per heavy atom. The summed E-state index contributed by atoms with van der Waals surface area (Å²) in [5, 5.41) is 0. The lowest BCUT2D eigenvalue weighted by Crippen LogP contribution is -2.01. The molecule has 22 heavy (non-hydrogen) atoms. The third kappa shape index (κ3) is 4.52. The second-order valence-corrected chi connectivity index (χ2v) is 5.34. The van der Waals surface area contributed by atoms with Gasteiger partial charge in [0.1, 0.15) is 11.5 Å². The summed E-state index contributed by atoms with van der Waals surface area (Å²) >= 11 is 0. The minimum absolute atomic E-state index is 0.653.